The number of carbonyl (C=O) groups excluding carboxylic acids is 2. The van der Waals surface area contributed by atoms with E-state index in [1.165, 1.54) is 16.3 Å². The fourth-order valence-electron chi connectivity index (χ4n) is 4.14. The van der Waals surface area contributed by atoms with Crippen LogP contribution >= 0.6 is 23.2 Å². The highest BCUT2D eigenvalue weighted by molar-refractivity contribution is 7.92. The summed E-state index contributed by atoms with van der Waals surface area (Å²) in [5.41, 5.74) is 2.08. The lowest BCUT2D eigenvalue weighted by Crippen LogP contribution is -2.49. The van der Waals surface area contributed by atoms with Gasteiger partial charge >= 0.3 is 0 Å². The molecule has 0 aromatic heterocycles. The van der Waals surface area contributed by atoms with E-state index in [0.717, 1.165) is 11.8 Å². The quantitative estimate of drug-likeness (QED) is 0.332. The molecular formula is C28H31Cl2N3O4S. The van der Waals surface area contributed by atoms with E-state index in [-0.39, 0.29) is 37.7 Å². The number of nitrogens with one attached hydrogen (secondary N) is 1. The number of nitrogens with zero attached hydrogens (tertiary/aromatic N) is 2. The van der Waals surface area contributed by atoms with Crippen LogP contribution in [0.1, 0.15) is 24.0 Å². The Morgan fingerprint density at radius 3 is 2.16 bits per heavy atom. The van der Waals surface area contributed by atoms with Crippen molar-refractivity contribution < 1.29 is 18.0 Å². The smallest absolute Gasteiger partial charge is 0.242 e. The summed E-state index contributed by atoms with van der Waals surface area (Å²) in [6, 6.07) is 22.3. The maximum absolute atomic E-state index is 13.6. The average Bonchev–Trinajstić information content (AvgIpc) is 2.89. The van der Waals surface area contributed by atoms with Crippen molar-refractivity contribution in [3.63, 3.8) is 0 Å². The SMILES string of the molecule is CNC(=O)[C@@H](Cc1ccccc1)N(Cc1ccccc1Cl)C(=O)CCCN(c1ccc(Cl)cc1)S(C)(=O)=O. The second-order valence-electron chi connectivity index (χ2n) is 8.85. The average molecular weight is 577 g/mol. The summed E-state index contributed by atoms with van der Waals surface area (Å²) in [5, 5.41) is 3.66. The molecule has 0 aliphatic rings. The molecule has 0 radical (unpaired) electrons. The summed E-state index contributed by atoms with van der Waals surface area (Å²) in [7, 11) is -2.06. The summed E-state index contributed by atoms with van der Waals surface area (Å²) < 4.78 is 26.2. The van der Waals surface area contributed by atoms with E-state index in [0.29, 0.717) is 27.7 Å². The van der Waals surface area contributed by atoms with Crippen molar-refractivity contribution in [2.45, 2.75) is 31.8 Å². The molecule has 10 heteroatoms. The van der Waals surface area contributed by atoms with Crippen molar-refractivity contribution in [2.24, 2.45) is 0 Å². The number of anilines is 1. The molecule has 0 aliphatic heterocycles. The zero-order valence-corrected chi connectivity index (χ0v) is 23.6. The van der Waals surface area contributed by atoms with E-state index < -0.39 is 16.1 Å². The second-order valence-corrected chi connectivity index (χ2v) is 11.6. The van der Waals surface area contributed by atoms with Gasteiger partial charge in [-0.05, 0) is 47.9 Å². The van der Waals surface area contributed by atoms with E-state index in [1.807, 2.05) is 42.5 Å². The topological polar surface area (TPSA) is 86.8 Å². The second kappa shape index (κ2) is 13.6. The fourth-order valence-corrected chi connectivity index (χ4v) is 5.43. The van der Waals surface area contributed by atoms with Crippen molar-refractivity contribution in [3.05, 3.63) is 100 Å². The molecule has 3 aromatic rings. The monoisotopic (exact) mass is 575 g/mol. The van der Waals surface area contributed by atoms with Crippen molar-refractivity contribution in [3.8, 4) is 0 Å². The van der Waals surface area contributed by atoms with Crippen molar-refractivity contribution in [1.82, 2.24) is 10.2 Å². The summed E-state index contributed by atoms with van der Waals surface area (Å²) in [6.07, 6.45) is 1.72. The third-order valence-electron chi connectivity index (χ3n) is 6.08. The summed E-state index contributed by atoms with van der Waals surface area (Å²) >= 11 is 12.4. The highest BCUT2D eigenvalue weighted by atomic mass is 35.5. The zero-order valence-electron chi connectivity index (χ0n) is 21.3. The molecule has 7 nitrogen and oxygen atoms in total. The van der Waals surface area contributed by atoms with Crippen LogP contribution in [0.25, 0.3) is 0 Å². The van der Waals surface area contributed by atoms with Gasteiger partial charge in [0.2, 0.25) is 21.8 Å². The molecule has 0 saturated heterocycles. The van der Waals surface area contributed by atoms with Gasteiger partial charge in [-0.25, -0.2) is 8.42 Å². The van der Waals surface area contributed by atoms with E-state index in [4.69, 9.17) is 23.2 Å². The van der Waals surface area contributed by atoms with Crippen LogP contribution in [0.2, 0.25) is 10.0 Å². The summed E-state index contributed by atoms with van der Waals surface area (Å²) in [6.45, 7) is 0.228. The normalized spacial score (nSPS) is 12.0. The number of carbonyl (C=O) groups is 2. The van der Waals surface area contributed by atoms with Gasteiger partial charge in [-0.1, -0.05) is 71.7 Å². The van der Waals surface area contributed by atoms with Crippen LogP contribution < -0.4 is 9.62 Å². The van der Waals surface area contributed by atoms with Gasteiger partial charge in [0.05, 0.1) is 11.9 Å². The van der Waals surface area contributed by atoms with E-state index in [1.54, 1.807) is 36.4 Å². The number of benzene rings is 3. The minimum Gasteiger partial charge on any atom is -0.357 e. The number of halogens is 2. The van der Waals surface area contributed by atoms with Gasteiger partial charge in [-0.2, -0.15) is 0 Å². The third kappa shape index (κ3) is 8.21. The molecule has 0 saturated carbocycles. The van der Waals surface area contributed by atoms with Gasteiger partial charge in [0.25, 0.3) is 0 Å². The molecule has 0 heterocycles. The van der Waals surface area contributed by atoms with E-state index in [9.17, 15) is 18.0 Å². The molecule has 0 spiro atoms. The number of hydrogen-bond acceptors (Lipinski definition) is 4. The van der Waals surface area contributed by atoms with Gasteiger partial charge in [-0.3, -0.25) is 13.9 Å². The first kappa shape index (κ1) is 29.5. The molecule has 0 aliphatic carbocycles. The minimum absolute atomic E-state index is 0.0341. The lowest BCUT2D eigenvalue weighted by molar-refractivity contribution is -0.141. The summed E-state index contributed by atoms with van der Waals surface area (Å²) in [5.74, 6) is -0.577. The Balaban J connectivity index is 1.84. The maximum atomic E-state index is 13.6. The zero-order chi connectivity index (χ0) is 27.7. The molecule has 1 N–H and O–H groups in total. The number of rotatable bonds is 12. The van der Waals surface area contributed by atoms with Crippen LogP contribution in [0.3, 0.4) is 0 Å². The van der Waals surface area contributed by atoms with Gasteiger partial charge in [0.1, 0.15) is 6.04 Å². The van der Waals surface area contributed by atoms with Gasteiger partial charge in [0.15, 0.2) is 0 Å². The van der Waals surface area contributed by atoms with Crippen LogP contribution in [0.5, 0.6) is 0 Å². The van der Waals surface area contributed by atoms with Crippen molar-refractivity contribution >= 4 is 50.7 Å². The Morgan fingerprint density at radius 1 is 0.921 bits per heavy atom. The van der Waals surface area contributed by atoms with Gasteiger partial charge in [0, 0.05) is 43.0 Å². The first-order chi connectivity index (χ1) is 18.1. The molecular weight excluding hydrogens is 545 g/mol. The number of amides is 2. The Labute approximate surface area is 234 Å². The van der Waals surface area contributed by atoms with Crippen molar-refractivity contribution in [2.75, 3.05) is 24.2 Å². The molecule has 0 unspecified atom stereocenters. The Morgan fingerprint density at radius 2 is 1.55 bits per heavy atom. The first-order valence-electron chi connectivity index (χ1n) is 12.1. The Bertz CT molecular complexity index is 1340. The molecule has 0 bridgehead atoms. The van der Waals surface area contributed by atoms with Crippen LogP contribution in [-0.4, -0.2) is 51.0 Å². The fraction of sp³-hybridized carbons (Fsp3) is 0.286. The largest absolute Gasteiger partial charge is 0.357 e. The summed E-state index contributed by atoms with van der Waals surface area (Å²) in [4.78, 5) is 28.2. The van der Waals surface area contributed by atoms with Crippen LogP contribution in [0, 0.1) is 0 Å². The predicted molar refractivity (Wildman–Crippen MR) is 153 cm³/mol. The number of likely N-dealkylation sites (N-methyl/N-ethyl adjacent to an activating group) is 1. The van der Waals surface area contributed by atoms with Crippen LogP contribution in [0.15, 0.2) is 78.9 Å². The van der Waals surface area contributed by atoms with E-state index in [2.05, 4.69) is 5.32 Å². The van der Waals surface area contributed by atoms with E-state index >= 15 is 0 Å². The van der Waals surface area contributed by atoms with Gasteiger partial charge in [-0.15, -0.1) is 0 Å². The maximum Gasteiger partial charge on any atom is 0.242 e. The minimum atomic E-state index is -3.59. The first-order valence-corrected chi connectivity index (χ1v) is 14.7. The molecule has 38 heavy (non-hydrogen) atoms. The van der Waals surface area contributed by atoms with Crippen molar-refractivity contribution in [1.29, 1.82) is 0 Å². The predicted octanol–water partition coefficient (Wildman–Crippen LogP) is 4.93. The van der Waals surface area contributed by atoms with Gasteiger partial charge < -0.3 is 10.2 Å². The lowest BCUT2D eigenvalue weighted by atomic mass is 10.0. The molecule has 0 fully saturated rings. The van der Waals surface area contributed by atoms with Crippen LogP contribution in [-0.2, 0) is 32.6 Å². The Kier molecular flexibility index (Phi) is 10.6. The van der Waals surface area contributed by atoms with Crippen LogP contribution in [0.4, 0.5) is 5.69 Å². The lowest BCUT2D eigenvalue weighted by Gasteiger charge is -2.32. The third-order valence-corrected chi connectivity index (χ3v) is 7.90. The highest BCUT2D eigenvalue weighted by Crippen LogP contribution is 2.23. The molecule has 2 amide bonds. The molecule has 202 valence electrons. The molecule has 3 rings (SSSR count). The number of hydrogen-bond donors (Lipinski definition) is 1. The highest BCUT2D eigenvalue weighted by Gasteiger charge is 2.30. The molecule has 3 aromatic carbocycles. The number of sulfonamides is 1. The Hall–Kier alpha value is -3.07. The standard InChI is InChI=1S/C28H31Cl2N3O4S/c1-31-28(35)26(19-21-9-4-3-5-10-21)32(20-22-11-6-7-12-25(22)30)27(34)13-8-18-33(38(2,36)37)24-16-14-23(29)15-17-24/h3-7,9-12,14-17,26H,8,13,18-20H2,1-2H3,(H,31,35)/t26-/m1/s1. The molecule has 1 atom stereocenters.